The van der Waals surface area contributed by atoms with E-state index < -0.39 is 0 Å². The van der Waals surface area contributed by atoms with Gasteiger partial charge in [-0.25, -0.2) is 4.85 Å². The van der Waals surface area contributed by atoms with Gasteiger partial charge in [0, 0.05) is 16.7 Å². The van der Waals surface area contributed by atoms with Crippen LogP contribution >= 0.6 is 0 Å². The molecular formula is C44H64N2O4. The number of unbranched alkanes of at least 4 members (excludes halogenated alkanes) is 12. The molecule has 0 N–H and O–H groups in total. The van der Waals surface area contributed by atoms with Gasteiger partial charge in [0.1, 0.15) is 23.0 Å². The lowest BCUT2D eigenvalue weighted by Crippen LogP contribution is -2.05. The molecule has 2 aromatic rings. The molecule has 0 saturated heterocycles. The van der Waals surface area contributed by atoms with Crippen LogP contribution in [0.3, 0.4) is 0 Å². The summed E-state index contributed by atoms with van der Waals surface area (Å²) in [6.07, 6.45) is 21.2. The fourth-order valence-corrected chi connectivity index (χ4v) is 5.72. The topological polar surface area (TPSA) is 65.1 Å². The van der Waals surface area contributed by atoms with Crippen molar-refractivity contribution in [1.29, 1.82) is 5.26 Å². The Morgan fingerprint density at radius 2 is 1.06 bits per heavy atom. The van der Waals surface area contributed by atoms with Crippen molar-refractivity contribution in [2.75, 3.05) is 26.4 Å². The van der Waals surface area contributed by atoms with Crippen molar-refractivity contribution in [3.63, 3.8) is 0 Å². The third-order valence-corrected chi connectivity index (χ3v) is 8.80. The van der Waals surface area contributed by atoms with Crippen LogP contribution in [0.1, 0.15) is 160 Å². The van der Waals surface area contributed by atoms with Crippen LogP contribution in [0.5, 0.6) is 23.0 Å². The number of aryl methyl sites for hydroxylation is 1. The quantitative estimate of drug-likeness (QED) is 0.0405. The van der Waals surface area contributed by atoms with Gasteiger partial charge in [0.2, 0.25) is 0 Å². The number of rotatable bonds is 27. The lowest BCUT2D eigenvalue weighted by Gasteiger charge is -2.18. The summed E-state index contributed by atoms with van der Waals surface area (Å²) >= 11 is 0. The van der Waals surface area contributed by atoms with Gasteiger partial charge >= 0.3 is 0 Å². The molecular weight excluding hydrogens is 620 g/mol. The summed E-state index contributed by atoms with van der Waals surface area (Å²) < 4.78 is 25.4. The molecule has 0 radical (unpaired) electrons. The smallest absolute Gasteiger partial charge is 0.198 e. The van der Waals surface area contributed by atoms with Crippen molar-refractivity contribution in [3.8, 4) is 29.1 Å². The van der Waals surface area contributed by atoms with Crippen LogP contribution in [0.4, 0.5) is 0 Å². The number of hydrogen-bond donors (Lipinski definition) is 0. The summed E-state index contributed by atoms with van der Waals surface area (Å²) in [5.74, 6) is 2.71. The molecule has 0 saturated carbocycles. The lowest BCUT2D eigenvalue weighted by atomic mass is 9.99. The van der Waals surface area contributed by atoms with E-state index in [0.717, 1.165) is 99.7 Å². The Morgan fingerprint density at radius 1 is 0.620 bits per heavy atom. The van der Waals surface area contributed by atoms with Crippen LogP contribution in [0.25, 0.3) is 22.2 Å². The first kappa shape index (κ1) is 42.3. The third-order valence-electron chi connectivity index (χ3n) is 8.80. The number of nitrogens with zero attached hydrogens (tertiary/aromatic N) is 2. The van der Waals surface area contributed by atoms with Crippen LogP contribution in [0.15, 0.2) is 30.3 Å². The molecule has 2 rings (SSSR count). The lowest BCUT2D eigenvalue weighted by molar-refractivity contribution is 0.295. The molecule has 0 aliphatic heterocycles. The van der Waals surface area contributed by atoms with Gasteiger partial charge in [-0.3, -0.25) is 0 Å². The first-order chi connectivity index (χ1) is 24.5. The number of benzene rings is 2. The van der Waals surface area contributed by atoms with E-state index in [2.05, 4.69) is 45.5 Å². The summed E-state index contributed by atoms with van der Waals surface area (Å²) in [4.78, 5) is 4.06. The molecule has 0 aliphatic carbocycles. The highest BCUT2D eigenvalue weighted by Gasteiger charge is 2.20. The zero-order valence-electron chi connectivity index (χ0n) is 32.1. The first-order valence-electron chi connectivity index (χ1n) is 19.5. The van der Waals surface area contributed by atoms with Gasteiger partial charge < -0.3 is 18.9 Å². The van der Waals surface area contributed by atoms with E-state index in [1.54, 1.807) is 6.08 Å². The molecule has 0 bridgehead atoms. The van der Waals surface area contributed by atoms with E-state index in [9.17, 15) is 5.26 Å². The van der Waals surface area contributed by atoms with E-state index in [1.165, 1.54) is 25.7 Å². The largest absolute Gasteiger partial charge is 0.494 e. The van der Waals surface area contributed by atoms with Crippen LogP contribution in [0, 0.1) is 24.8 Å². The van der Waals surface area contributed by atoms with Crippen molar-refractivity contribution < 1.29 is 18.9 Å². The first-order valence-corrected chi connectivity index (χ1v) is 19.5. The van der Waals surface area contributed by atoms with E-state index in [4.69, 9.17) is 25.5 Å². The number of hydrogen-bond acceptors (Lipinski definition) is 5. The van der Waals surface area contributed by atoms with E-state index >= 15 is 0 Å². The molecule has 0 amide bonds. The van der Waals surface area contributed by atoms with E-state index in [0.29, 0.717) is 60.3 Å². The Kier molecular flexibility index (Phi) is 22.0. The number of ether oxygens (including phenoxy) is 4. The Hall–Kier alpha value is -3.90. The minimum Gasteiger partial charge on any atom is -0.494 e. The van der Waals surface area contributed by atoms with Crippen molar-refractivity contribution in [1.82, 2.24) is 0 Å². The minimum atomic E-state index is 0.420. The predicted molar refractivity (Wildman–Crippen MR) is 210 cm³/mol. The van der Waals surface area contributed by atoms with E-state index in [-0.39, 0.29) is 0 Å². The summed E-state index contributed by atoms with van der Waals surface area (Å²) in [7, 11) is 0. The average Bonchev–Trinajstić information content (AvgIpc) is 3.12. The van der Waals surface area contributed by atoms with Crippen molar-refractivity contribution >= 4 is 17.3 Å². The Bertz CT molecular complexity index is 1410. The van der Waals surface area contributed by atoms with Gasteiger partial charge in [0.15, 0.2) is 5.70 Å². The minimum absolute atomic E-state index is 0.420. The standard InChI is InChI=1S/C44H64N2O4/c1-8-13-17-21-25-47-41-31-37(42(29-35(41)6)48-26-22-18-14-9-2)30-40(46-7)39-33-43(49-27-23-19-15-10-3)38(36(12-5)34-45)32-44(39)50-28-24-20-16-11-4/h12,29-33H,8-11,13-28H2,1-6H3. The Labute approximate surface area is 304 Å². The molecule has 2 aromatic carbocycles. The fraction of sp³-hybridized carbons (Fsp3) is 0.591. The molecule has 0 heterocycles. The molecule has 50 heavy (non-hydrogen) atoms. The number of allylic oxidation sites excluding steroid dienone is 2. The highest BCUT2D eigenvalue weighted by Crippen LogP contribution is 2.40. The molecule has 274 valence electrons. The molecule has 6 heteroatoms. The van der Waals surface area contributed by atoms with Gasteiger partial charge in [-0.1, -0.05) is 111 Å². The van der Waals surface area contributed by atoms with Crippen molar-refractivity contribution in [3.05, 3.63) is 64.0 Å². The highest BCUT2D eigenvalue weighted by molar-refractivity contribution is 5.91. The molecule has 6 nitrogen and oxygen atoms in total. The molecule has 0 aromatic heterocycles. The number of nitriles is 1. The molecule has 0 fully saturated rings. The maximum atomic E-state index is 10.0. The van der Waals surface area contributed by atoms with Crippen LogP contribution in [0.2, 0.25) is 0 Å². The summed E-state index contributed by atoms with van der Waals surface area (Å²) in [5.41, 5.74) is 4.08. The maximum absolute atomic E-state index is 10.0. The summed E-state index contributed by atoms with van der Waals surface area (Å²) in [5, 5.41) is 10.0. The zero-order chi connectivity index (χ0) is 36.4. The van der Waals surface area contributed by atoms with Crippen molar-refractivity contribution in [2.45, 2.75) is 144 Å². The average molecular weight is 685 g/mol. The van der Waals surface area contributed by atoms with Crippen LogP contribution < -0.4 is 18.9 Å². The van der Waals surface area contributed by atoms with Gasteiger partial charge in [0.25, 0.3) is 0 Å². The summed E-state index contributed by atoms with van der Waals surface area (Å²) in [6, 6.07) is 10.2. The van der Waals surface area contributed by atoms with Crippen LogP contribution in [-0.4, -0.2) is 26.4 Å². The second-order valence-corrected chi connectivity index (χ2v) is 13.1. The molecule has 0 aliphatic rings. The molecule has 0 unspecified atom stereocenters. The second-order valence-electron chi connectivity index (χ2n) is 13.1. The van der Waals surface area contributed by atoms with Gasteiger partial charge in [-0.05, 0) is 75.4 Å². The van der Waals surface area contributed by atoms with E-state index in [1.807, 2.05) is 37.3 Å². The molecule has 0 spiro atoms. The zero-order valence-corrected chi connectivity index (χ0v) is 32.1. The van der Waals surface area contributed by atoms with Crippen molar-refractivity contribution in [2.24, 2.45) is 0 Å². The predicted octanol–water partition coefficient (Wildman–Crippen LogP) is 13.2. The maximum Gasteiger partial charge on any atom is 0.198 e. The normalized spacial score (nSPS) is 11.6. The summed E-state index contributed by atoms with van der Waals surface area (Å²) in [6.45, 7) is 23.4. The Morgan fingerprint density at radius 3 is 1.50 bits per heavy atom. The monoisotopic (exact) mass is 684 g/mol. The highest BCUT2D eigenvalue weighted by atomic mass is 16.5. The Balaban J connectivity index is 2.67. The SMILES string of the molecule is [C-]#[N+]C(=Cc1cc(OCCCCCC)c(C)cc1OCCCCCC)c1cc(OCCCCCC)c(C(C#N)=CC)cc1OCCCCCC. The van der Waals surface area contributed by atoms with Gasteiger partial charge in [-0.2, -0.15) is 5.26 Å². The fourth-order valence-electron chi connectivity index (χ4n) is 5.72. The van der Waals surface area contributed by atoms with Gasteiger partial charge in [0.05, 0.1) is 44.6 Å². The van der Waals surface area contributed by atoms with Crippen LogP contribution in [-0.2, 0) is 0 Å². The molecule has 0 atom stereocenters. The van der Waals surface area contributed by atoms with Gasteiger partial charge in [-0.15, -0.1) is 0 Å². The third kappa shape index (κ3) is 14.9. The second kappa shape index (κ2) is 26.0.